The van der Waals surface area contributed by atoms with Gasteiger partial charge in [-0.15, -0.1) is 0 Å². The average molecular weight is 372 g/mol. The number of hydrogen-bond donors (Lipinski definition) is 2. The molecule has 1 aliphatic rings. The molecule has 21 heavy (non-hydrogen) atoms. The molecule has 5 heteroatoms. The van der Waals surface area contributed by atoms with Crippen LogP contribution in [-0.2, 0) is 4.79 Å². The van der Waals surface area contributed by atoms with Crippen LogP contribution in [0.3, 0.4) is 0 Å². The van der Waals surface area contributed by atoms with Gasteiger partial charge >= 0.3 is 0 Å². The fourth-order valence-corrected chi connectivity index (χ4v) is 3.53. The van der Waals surface area contributed by atoms with Gasteiger partial charge in [0.05, 0.1) is 5.02 Å². The number of halogens is 2. The SMILES string of the molecule is CC1=CC(C)CC(C(Nc2ccc(Cl)c(Br)c2)C(N)=O)C1. The van der Waals surface area contributed by atoms with Crippen molar-refractivity contribution in [2.75, 3.05) is 5.32 Å². The molecule has 0 saturated carbocycles. The summed E-state index contributed by atoms with van der Waals surface area (Å²) in [5.41, 5.74) is 7.78. The van der Waals surface area contributed by atoms with E-state index >= 15 is 0 Å². The molecule has 0 bridgehead atoms. The molecule has 3 N–H and O–H groups in total. The van der Waals surface area contributed by atoms with Crippen molar-refractivity contribution in [1.82, 2.24) is 0 Å². The van der Waals surface area contributed by atoms with Crippen molar-refractivity contribution < 1.29 is 4.79 Å². The number of carbonyl (C=O) groups is 1. The average Bonchev–Trinajstić information content (AvgIpc) is 2.38. The summed E-state index contributed by atoms with van der Waals surface area (Å²) in [5, 5.41) is 3.91. The van der Waals surface area contributed by atoms with Crippen LogP contribution in [0.15, 0.2) is 34.3 Å². The minimum atomic E-state index is -0.371. The Bertz CT molecular complexity index is 573. The Morgan fingerprint density at radius 1 is 1.52 bits per heavy atom. The van der Waals surface area contributed by atoms with Gasteiger partial charge in [0.25, 0.3) is 0 Å². The van der Waals surface area contributed by atoms with Crippen LogP contribution < -0.4 is 11.1 Å². The minimum Gasteiger partial charge on any atom is -0.373 e. The van der Waals surface area contributed by atoms with E-state index in [1.165, 1.54) is 5.57 Å². The number of nitrogens with two attached hydrogens (primary N) is 1. The van der Waals surface area contributed by atoms with Crippen LogP contribution in [0.1, 0.15) is 26.7 Å². The first kappa shape index (κ1) is 16.4. The summed E-state index contributed by atoms with van der Waals surface area (Å²) < 4.78 is 0.797. The van der Waals surface area contributed by atoms with Gasteiger partial charge < -0.3 is 11.1 Å². The first-order chi connectivity index (χ1) is 9.86. The Morgan fingerprint density at radius 3 is 2.81 bits per heavy atom. The molecule has 1 aliphatic carbocycles. The van der Waals surface area contributed by atoms with E-state index in [9.17, 15) is 4.79 Å². The summed E-state index contributed by atoms with van der Waals surface area (Å²) >= 11 is 9.38. The Hall–Kier alpha value is -1.00. The van der Waals surface area contributed by atoms with Gasteiger partial charge in [-0.3, -0.25) is 4.79 Å². The quantitative estimate of drug-likeness (QED) is 0.773. The van der Waals surface area contributed by atoms with Crippen LogP contribution in [0.4, 0.5) is 5.69 Å². The second-order valence-corrected chi connectivity index (χ2v) is 7.11. The molecule has 0 radical (unpaired) electrons. The maximum atomic E-state index is 11.9. The highest BCUT2D eigenvalue weighted by atomic mass is 79.9. The smallest absolute Gasteiger partial charge is 0.240 e. The van der Waals surface area contributed by atoms with Crippen molar-refractivity contribution in [2.45, 2.75) is 32.7 Å². The largest absolute Gasteiger partial charge is 0.373 e. The fraction of sp³-hybridized carbons (Fsp3) is 0.438. The fourth-order valence-electron chi connectivity index (χ4n) is 3.04. The summed E-state index contributed by atoms with van der Waals surface area (Å²) in [7, 11) is 0. The van der Waals surface area contributed by atoms with Gasteiger partial charge in [0.15, 0.2) is 0 Å². The number of primary amides is 1. The molecule has 1 aromatic rings. The second-order valence-electron chi connectivity index (χ2n) is 5.84. The van der Waals surface area contributed by atoms with Gasteiger partial charge in [0.1, 0.15) is 6.04 Å². The highest BCUT2D eigenvalue weighted by molar-refractivity contribution is 9.10. The highest BCUT2D eigenvalue weighted by Gasteiger charge is 2.30. The second kappa shape index (κ2) is 6.84. The molecule has 3 nitrogen and oxygen atoms in total. The van der Waals surface area contributed by atoms with Crippen molar-refractivity contribution in [3.05, 3.63) is 39.3 Å². The lowest BCUT2D eigenvalue weighted by molar-refractivity contribution is -0.119. The van der Waals surface area contributed by atoms with E-state index in [1.54, 1.807) is 6.07 Å². The number of carbonyl (C=O) groups excluding carboxylic acids is 1. The third-order valence-electron chi connectivity index (χ3n) is 3.85. The lowest BCUT2D eigenvalue weighted by atomic mass is 9.79. The Morgan fingerprint density at radius 2 is 2.24 bits per heavy atom. The van der Waals surface area contributed by atoms with Crippen LogP contribution in [0.2, 0.25) is 5.02 Å². The third kappa shape index (κ3) is 4.24. The van der Waals surface area contributed by atoms with Crippen LogP contribution in [0.25, 0.3) is 0 Å². The first-order valence-electron chi connectivity index (χ1n) is 7.05. The first-order valence-corrected chi connectivity index (χ1v) is 8.22. The highest BCUT2D eigenvalue weighted by Crippen LogP contribution is 2.32. The van der Waals surface area contributed by atoms with Gasteiger partial charge in [-0.05, 0) is 65.7 Å². The molecule has 3 atom stereocenters. The third-order valence-corrected chi connectivity index (χ3v) is 5.06. The zero-order valence-electron chi connectivity index (χ0n) is 12.2. The monoisotopic (exact) mass is 370 g/mol. The number of hydrogen-bond acceptors (Lipinski definition) is 2. The zero-order valence-corrected chi connectivity index (χ0v) is 14.5. The molecule has 0 saturated heterocycles. The van der Waals surface area contributed by atoms with E-state index in [1.807, 2.05) is 12.1 Å². The molecule has 1 amide bonds. The summed E-state index contributed by atoms with van der Waals surface area (Å²) in [6.45, 7) is 4.28. The summed E-state index contributed by atoms with van der Waals surface area (Å²) in [6, 6.07) is 5.15. The predicted octanol–water partition coefficient (Wildman–Crippen LogP) is 4.36. The predicted molar refractivity (Wildman–Crippen MR) is 91.4 cm³/mol. The molecule has 114 valence electrons. The maximum absolute atomic E-state index is 11.9. The zero-order chi connectivity index (χ0) is 15.6. The number of allylic oxidation sites excluding steroid dienone is 2. The lowest BCUT2D eigenvalue weighted by Gasteiger charge is -2.31. The van der Waals surface area contributed by atoms with Crippen molar-refractivity contribution >= 4 is 39.1 Å². The van der Waals surface area contributed by atoms with E-state index in [-0.39, 0.29) is 17.9 Å². The molecule has 0 fully saturated rings. The standard InChI is InChI=1S/C16H20BrClN2O/c1-9-5-10(2)7-11(6-9)15(16(19)21)20-12-3-4-14(18)13(17)8-12/h3-5,8-9,11,15,20H,6-7H2,1-2H3,(H2,19,21). The summed E-state index contributed by atoms with van der Waals surface area (Å²) in [4.78, 5) is 11.9. The van der Waals surface area contributed by atoms with E-state index < -0.39 is 0 Å². The molecule has 0 heterocycles. The topological polar surface area (TPSA) is 55.1 Å². The van der Waals surface area contributed by atoms with E-state index in [0.717, 1.165) is 23.0 Å². The van der Waals surface area contributed by atoms with Gasteiger partial charge in [0, 0.05) is 10.2 Å². The maximum Gasteiger partial charge on any atom is 0.240 e. The molecular formula is C16H20BrClN2O. The number of rotatable bonds is 4. The van der Waals surface area contributed by atoms with Crippen molar-refractivity contribution in [3.63, 3.8) is 0 Å². The Kier molecular flexibility index (Phi) is 5.33. The minimum absolute atomic E-state index is 0.219. The van der Waals surface area contributed by atoms with Gasteiger partial charge in [-0.25, -0.2) is 0 Å². The van der Waals surface area contributed by atoms with Gasteiger partial charge in [0.2, 0.25) is 5.91 Å². The van der Waals surface area contributed by atoms with Crippen LogP contribution in [-0.4, -0.2) is 11.9 Å². The van der Waals surface area contributed by atoms with Crippen LogP contribution in [0, 0.1) is 11.8 Å². The van der Waals surface area contributed by atoms with Crippen LogP contribution in [0.5, 0.6) is 0 Å². The van der Waals surface area contributed by atoms with E-state index in [4.69, 9.17) is 17.3 Å². The molecule has 0 aromatic heterocycles. The molecule has 2 rings (SSSR count). The van der Waals surface area contributed by atoms with E-state index in [0.29, 0.717) is 10.9 Å². The molecule has 1 aromatic carbocycles. The van der Waals surface area contributed by atoms with Crippen molar-refractivity contribution in [2.24, 2.45) is 17.6 Å². The lowest BCUT2D eigenvalue weighted by Crippen LogP contribution is -2.43. The Balaban J connectivity index is 2.18. The molecule has 0 spiro atoms. The van der Waals surface area contributed by atoms with Crippen molar-refractivity contribution in [1.29, 1.82) is 0 Å². The number of amides is 1. The summed E-state index contributed by atoms with van der Waals surface area (Å²) in [6.07, 6.45) is 4.14. The van der Waals surface area contributed by atoms with Gasteiger partial charge in [-0.2, -0.15) is 0 Å². The molecular weight excluding hydrogens is 352 g/mol. The Labute approximate surface area is 139 Å². The number of anilines is 1. The number of nitrogens with one attached hydrogen (secondary N) is 1. The number of benzene rings is 1. The normalized spacial score (nSPS) is 23.3. The van der Waals surface area contributed by atoms with E-state index in [2.05, 4.69) is 41.2 Å². The summed E-state index contributed by atoms with van der Waals surface area (Å²) in [5.74, 6) is 0.384. The molecule has 0 aliphatic heterocycles. The van der Waals surface area contributed by atoms with Crippen LogP contribution >= 0.6 is 27.5 Å². The molecule has 3 unspecified atom stereocenters. The van der Waals surface area contributed by atoms with Crippen molar-refractivity contribution in [3.8, 4) is 0 Å². The van der Waals surface area contributed by atoms with Gasteiger partial charge in [-0.1, -0.05) is 30.2 Å².